The predicted octanol–water partition coefficient (Wildman–Crippen LogP) is 2.47. The molecule has 0 unspecified atom stereocenters. The van der Waals surface area contributed by atoms with Crippen molar-refractivity contribution in [2.24, 2.45) is 10.9 Å². The van der Waals surface area contributed by atoms with Crippen molar-refractivity contribution in [3.8, 4) is 5.75 Å². The quantitative estimate of drug-likeness (QED) is 0.353. The fourth-order valence-electron chi connectivity index (χ4n) is 2.11. The van der Waals surface area contributed by atoms with Crippen LogP contribution in [0, 0.1) is 0 Å². The van der Waals surface area contributed by atoms with E-state index in [4.69, 9.17) is 25.3 Å². The molecule has 0 saturated heterocycles. The number of methoxy groups -OCH3 is 1. The van der Waals surface area contributed by atoms with Gasteiger partial charge in [0.1, 0.15) is 12.5 Å². The monoisotopic (exact) mass is 328 g/mol. The number of nitrogens with two attached hydrogens (primary N) is 1. The van der Waals surface area contributed by atoms with E-state index in [0.717, 1.165) is 11.1 Å². The minimum absolute atomic E-state index is 0.232. The Labute approximate surface area is 140 Å². The SMILES string of the molecule is C=C(/N=C(\ON)c1cccc(OC)c1)c1cccc(COCO)c1. The van der Waals surface area contributed by atoms with E-state index in [-0.39, 0.29) is 12.7 Å². The van der Waals surface area contributed by atoms with Crippen LogP contribution in [0.4, 0.5) is 0 Å². The lowest BCUT2D eigenvalue weighted by molar-refractivity contribution is -0.0112. The van der Waals surface area contributed by atoms with Gasteiger partial charge in [0, 0.05) is 5.56 Å². The highest BCUT2D eigenvalue weighted by Gasteiger charge is 2.08. The maximum atomic E-state index is 8.72. The molecule has 0 radical (unpaired) electrons. The van der Waals surface area contributed by atoms with Gasteiger partial charge in [0.05, 0.1) is 19.4 Å². The minimum atomic E-state index is -0.329. The third-order valence-electron chi connectivity index (χ3n) is 3.29. The molecule has 2 aromatic rings. The number of hydrogen-bond donors (Lipinski definition) is 2. The highest BCUT2D eigenvalue weighted by Crippen LogP contribution is 2.19. The van der Waals surface area contributed by atoms with E-state index in [2.05, 4.69) is 11.6 Å². The van der Waals surface area contributed by atoms with Crippen LogP contribution in [0.3, 0.4) is 0 Å². The number of ether oxygens (including phenoxy) is 2. The van der Waals surface area contributed by atoms with Crippen LogP contribution in [-0.4, -0.2) is 24.9 Å². The highest BCUT2D eigenvalue weighted by atomic mass is 16.6. The van der Waals surface area contributed by atoms with Crippen LogP contribution in [0.15, 0.2) is 60.1 Å². The summed E-state index contributed by atoms with van der Waals surface area (Å²) in [6.45, 7) is 3.93. The number of benzene rings is 2. The highest BCUT2D eigenvalue weighted by molar-refractivity contribution is 5.97. The molecule has 0 heterocycles. The van der Waals surface area contributed by atoms with E-state index in [9.17, 15) is 0 Å². The third-order valence-corrected chi connectivity index (χ3v) is 3.29. The van der Waals surface area contributed by atoms with Crippen LogP contribution < -0.4 is 10.6 Å². The molecule has 0 aliphatic heterocycles. The van der Waals surface area contributed by atoms with Gasteiger partial charge in [-0.3, -0.25) is 0 Å². The van der Waals surface area contributed by atoms with E-state index in [0.29, 0.717) is 23.6 Å². The summed E-state index contributed by atoms with van der Waals surface area (Å²) >= 11 is 0. The summed E-state index contributed by atoms with van der Waals surface area (Å²) < 4.78 is 10.2. The first kappa shape index (κ1) is 17.7. The maximum Gasteiger partial charge on any atom is 0.245 e. The zero-order valence-corrected chi connectivity index (χ0v) is 13.4. The van der Waals surface area contributed by atoms with Crippen LogP contribution in [0.25, 0.3) is 5.70 Å². The summed E-state index contributed by atoms with van der Waals surface area (Å²) in [5, 5.41) is 8.72. The Balaban J connectivity index is 2.25. The molecule has 6 heteroatoms. The van der Waals surface area contributed by atoms with Crippen molar-refractivity contribution < 1.29 is 19.4 Å². The van der Waals surface area contributed by atoms with Gasteiger partial charge in [0.15, 0.2) is 0 Å². The van der Waals surface area contributed by atoms with Gasteiger partial charge < -0.3 is 19.4 Å². The molecule has 126 valence electrons. The van der Waals surface area contributed by atoms with Gasteiger partial charge in [-0.25, -0.2) is 4.99 Å². The lowest BCUT2D eigenvalue weighted by Gasteiger charge is -2.09. The van der Waals surface area contributed by atoms with Gasteiger partial charge in [-0.1, -0.05) is 30.8 Å². The Morgan fingerprint density at radius 3 is 2.62 bits per heavy atom. The topological polar surface area (TPSA) is 86.3 Å². The molecule has 0 fully saturated rings. The van der Waals surface area contributed by atoms with E-state index in [1.54, 1.807) is 13.2 Å². The fourth-order valence-corrected chi connectivity index (χ4v) is 2.11. The summed E-state index contributed by atoms with van der Waals surface area (Å²) in [4.78, 5) is 9.26. The zero-order valence-electron chi connectivity index (χ0n) is 13.4. The summed E-state index contributed by atoms with van der Waals surface area (Å²) in [5.41, 5.74) is 2.86. The Morgan fingerprint density at radius 1 is 1.17 bits per heavy atom. The van der Waals surface area contributed by atoms with Gasteiger partial charge >= 0.3 is 0 Å². The average molecular weight is 328 g/mol. The molecule has 24 heavy (non-hydrogen) atoms. The molecule has 2 aromatic carbocycles. The second kappa shape index (κ2) is 8.83. The molecule has 0 bridgehead atoms. The van der Waals surface area contributed by atoms with Gasteiger partial charge in [0.2, 0.25) is 5.90 Å². The molecule has 0 aromatic heterocycles. The van der Waals surface area contributed by atoms with Crippen LogP contribution in [0.5, 0.6) is 5.75 Å². The van der Waals surface area contributed by atoms with Crippen LogP contribution in [-0.2, 0) is 16.2 Å². The number of aliphatic imine (C=N–C) groups is 1. The van der Waals surface area contributed by atoms with Crippen molar-refractivity contribution in [2.75, 3.05) is 13.9 Å². The lowest BCUT2D eigenvalue weighted by atomic mass is 10.1. The van der Waals surface area contributed by atoms with E-state index in [1.807, 2.05) is 42.5 Å². The van der Waals surface area contributed by atoms with Crippen molar-refractivity contribution >= 4 is 11.6 Å². The normalized spacial score (nSPS) is 11.2. The predicted molar refractivity (Wildman–Crippen MR) is 92.2 cm³/mol. The first-order valence-corrected chi connectivity index (χ1v) is 7.24. The summed E-state index contributed by atoms with van der Waals surface area (Å²) in [6.07, 6.45) is 0. The lowest BCUT2D eigenvalue weighted by Crippen LogP contribution is -2.12. The fraction of sp³-hybridized carbons (Fsp3) is 0.167. The standard InChI is InChI=1S/C18H20N2O4/c1-13(15-6-3-5-14(9-15)11-23-12-21)20-18(24-19)16-7-4-8-17(10-16)22-2/h3-10,21H,1,11-12,19H2,2H3/b20-18-. The van der Waals surface area contributed by atoms with Gasteiger partial charge in [0.25, 0.3) is 0 Å². The van der Waals surface area contributed by atoms with E-state index in [1.165, 1.54) is 0 Å². The molecule has 0 spiro atoms. The van der Waals surface area contributed by atoms with Crippen molar-refractivity contribution in [1.29, 1.82) is 0 Å². The molecule has 6 nitrogen and oxygen atoms in total. The molecule has 0 saturated carbocycles. The Kier molecular flexibility index (Phi) is 6.51. The molecule has 0 amide bonds. The number of aliphatic hydroxyl groups excluding tert-OH is 1. The molecule has 0 aliphatic carbocycles. The third kappa shape index (κ3) is 4.66. The van der Waals surface area contributed by atoms with Crippen LogP contribution >= 0.6 is 0 Å². The Bertz CT molecular complexity index is 728. The summed E-state index contributed by atoms with van der Waals surface area (Å²) in [7, 11) is 1.58. The van der Waals surface area contributed by atoms with E-state index < -0.39 is 0 Å². The summed E-state index contributed by atoms with van der Waals surface area (Å²) in [5.74, 6) is 6.26. The molecule has 3 N–H and O–H groups in total. The number of nitrogens with zero attached hydrogens (tertiary/aromatic N) is 1. The van der Waals surface area contributed by atoms with Crippen molar-refractivity contribution in [3.05, 3.63) is 71.8 Å². The van der Waals surface area contributed by atoms with Crippen LogP contribution in [0.1, 0.15) is 16.7 Å². The number of hydrogen-bond acceptors (Lipinski definition) is 6. The molecule has 0 atom stereocenters. The van der Waals surface area contributed by atoms with Gasteiger partial charge in [-0.05, 0) is 35.4 Å². The minimum Gasteiger partial charge on any atom is -0.497 e. The first-order valence-electron chi connectivity index (χ1n) is 7.24. The summed E-state index contributed by atoms with van der Waals surface area (Å²) in [6, 6.07) is 14.7. The Morgan fingerprint density at radius 2 is 1.92 bits per heavy atom. The molecule has 2 rings (SSSR count). The second-order valence-corrected chi connectivity index (χ2v) is 4.89. The van der Waals surface area contributed by atoms with Crippen molar-refractivity contribution in [1.82, 2.24) is 0 Å². The number of aliphatic hydroxyl groups is 1. The smallest absolute Gasteiger partial charge is 0.245 e. The van der Waals surface area contributed by atoms with Gasteiger partial charge in [-0.2, -0.15) is 5.90 Å². The molecule has 0 aliphatic rings. The average Bonchev–Trinajstić information content (AvgIpc) is 2.64. The molecular formula is C18H20N2O4. The largest absolute Gasteiger partial charge is 0.497 e. The first-order chi connectivity index (χ1) is 11.7. The Hall–Kier alpha value is -2.67. The number of rotatable bonds is 7. The van der Waals surface area contributed by atoms with Crippen molar-refractivity contribution in [2.45, 2.75) is 6.61 Å². The molecular weight excluding hydrogens is 308 g/mol. The maximum absolute atomic E-state index is 8.72. The van der Waals surface area contributed by atoms with Crippen molar-refractivity contribution in [3.63, 3.8) is 0 Å². The zero-order chi connectivity index (χ0) is 17.4. The van der Waals surface area contributed by atoms with E-state index >= 15 is 0 Å². The van der Waals surface area contributed by atoms with Gasteiger partial charge in [-0.15, -0.1) is 0 Å². The second-order valence-electron chi connectivity index (χ2n) is 4.89. The van der Waals surface area contributed by atoms with Crippen LogP contribution in [0.2, 0.25) is 0 Å².